The summed E-state index contributed by atoms with van der Waals surface area (Å²) in [5.41, 5.74) is 0. The summed E-state index contributed by atoms with van der Waals surface area (Å²) in [6, 6.07) is -0.722. The second-order valence-electron chi connectivity index (χ2n) is 18.4. The summed E-state index contributed by atoms with van der Waals surface area (Å²) >= 11 is 0. The van der Waals surface area contributed by atoms with Crippen molar-refractivity contribution < 1.29 is 24.5 Å². The Morgan fingerprint density at radius 2 is 0.785 bits per heavy atom. The van der Waals surface area contributed by atoms with Crippen molar-refractivity contribution in [3.63, 3.8) is 0 Å². The molecule has 6 nitrogen and oxygen atoms in total. The molecular formula is C59H103NO5. The minimum Gasteiger partial charge on any atom is -0.462 e. The van der Waals surface area contributed by atoms with Crippen molar-refractivity contribution in [2.45, 2.75) is 270 Å². The second kappa shape index (κ2) is 52.0. The fourth-order valence-electron chi connectivity index (χ4n) is 7.91. The molecule has 374 valence electrons. The predicted octanol–water partition coefficient (Wildman–Crippen LogP) is 16.7. The maximum absolute atomic E-state index is 13.2. The van der Waals surface area contributed by atoms with E-state index in [4.69, 9.17) is 4.74 Å². The van der Waals surface area contributed by atoms with Crippen LogP contribution < -0.4 is 5.32 Å². The Morgan fingerprint density at radius 3 is 1.23 bits per heavy atom. The molecule has 0 saturated carbocycles. The highest BCUT2D eigenvalue weighted by atomic mass is 16.5. The van der Waals surface area contributed by atoms with Gasteiger partial charge >= 0.3 is 5.97 Å². The number of allylic oxidation sites excluding steroid dienone is 14. The monoisotopic (exact) mass is 906 g/mol. The second-order valence-corrected chi connectivity index (χ2v) is 18.4. The summed E-state index contributed by atoms with van der Waals surface area (Å²) in [7, 11) is 0. The van der Waals surface area contributed by atoms with E-state index in [9.17, 15) is 19.8 Å². The van der Waals surface area contributed by atoms with Crippen LogP contribution in [0.5, 0.6) is 0 Å². The molecule has 6 heteroatoms. The molecule has 0 fully saturated rings. The van der Waals surface area contributed by atoms with E-state index in [-0.39, 0.29) is 24.9 Å². The Balaban J connectivity index is 4.72. The van der Waals surface area contributed by atoms with Crippen LogP contribution in [0.1, 0.15) is 252 Å². The topological polar surface area (TPSA) is 95.9 Å². The number of esters is 1. The van der Waals surface area contributed by atoms with Gasteiger partial charge in [0.25, 0.3) is 0 Å². The molecule has 3 unspecified atom stereocenters. The van der Waals surface area contributed by atoms with E-state index in [1.165, 1.54) is 109 Å². The number of aliphatic hydroxyl groups excluding tert-OH is 2. The van der Waals surface area contributed by atoms with Crippen molar-refractivity contribution >= 4 is 11.9 Å². The highest BCUT2D eigenvalue weighted by molar-refractivity contribution is 5.77. The number of unbranched alkanes of at least 4 members (excludes halogenated alkanes) is 27. The van der Waals surface area contributed by atoms with Gasteiger partial charge in [-0.2, -0.15) is 0 Å². The molecule has 0 aromatic carbocycles. The van der Waals surface area contributed by atoms with Crippen LogP contribution in [0.2, 0.25) is 0 Å². The number of ether oxygens (including phenoxy) is 1. The summed E-state index contributed by atoms with van der Waals surface area (Å²) in [5.74, 6) is -0.535. The lowest BCUT2D eigenvalue weighted by Crippen LogP contribution is -2.46. The smallest absolute Gasteiger partial charge is 0.306 e. The first-order valence-corrected chi connectivity index (χ1v) is 27.4. The molecule has 0 aliphatic carbocycles. The van der Waals surface area contributed by atoms with E-state index in [0.717, 1.165) is 96.3 Å². The first kappa shape index (κ1) is 62.0. The summed E-state index contributed by atoms with van der Waals surface area (Å²) in [6.45, 7) is 6.41. The zero-order valence-electron chi connectivity index (χ0n) is 42.6. The van der Waals surface area contributed by atoms with Crippen molar-refractivity contribution in [3.05, 3.63) is 85.1 Å². The lowest BCUT2D eigenvalue weighted by Gasteiger charge is -2.24. The van der Waals surface area contributed by atoms with E-state index < -0.39 is 18.2 Å². The van der Waals surface area contributed by atoms with Crippen molar-refractivity contribution in [2.75, 3.05) is 6.61 Å². The number of amides is 1. The first-order chi connectivity index (χ1) is 32.0. The summed E-state index contributed by atoms with van der Waals surface area (Å²) in [5, 5.41) is 23.8. The molecule has 3 N–H and O–H groups in total. The Bertz CT molecular complexity index is 1250. The van der Waals surface area contributed by atoms with E-state index >= 15 is 0 Å². The average molecular weight is 906 g/mol. The van der Waals surface area contributed by atoms with Crippen molar-refractivity contribution in [3.8, 4) is 0 Å². The van der Waals surface area contributed by atoms with Gasteiger partial charge in [-0.15, -0.1) is 0 Å². The minimum absolute atomic E-state index is 0.0414. The van der Waals surface area contributed by atoms with Crippen molar-refractivity contribution in [1.82, 2.24) is 5.32 Å². The van der Waals surface area contributed by atoms with E-state index in [1.807, 2.05) is 0 Å². The molecule has 1 amide bonds. The van der Waals surface area contributed by atoms with Gasteiger partial charge in [0.1, 0.15) is 6.10 Å². The molecule has 3 atom stereocenters. The van der Waals surface area contributed by atoms with Gasteiger partial charge in [-0.25, -0.2) is 0 Å². The van der Waals surface area contributed by atoms with Gasteiger partial charge in [0.2, 0.25) is 5.91 Å². The van der Waals surface area contributed by atoms with E-state index in [1.54, 1.807) is 0 Å². The zero-order valence-corrected chi connectivity index (χ0v) is 42.6. The lowest BCUT2D eigenvalue weighted by atomic mass is 10.0. The molecule has 0 aliphatic heterocycles. The molecule has 0 rings (SSSR count). The van der Waals surface area contributed by atoms with Crippen LogP contribution in [-0.2, 0) is 14.3 Å². The number of hydrogen-bond acceptors (Lipinski definition) is 5. The summed E-state index contributed by atoms with van der Waals surface area (Å²) in [6.07, 6.45) is 67.8. The molecule has 0 spiro atoms. The van der Waals surface area contributed by atoms with Crippen LogP contribution in [0.3, 0.4) is 0 Å². The van der Waals surface area contributed by atoms with Gasteiger partial charge in [-0.3, -0.25) is 9.59 Å². The quantitative estimate of drug-likeness (QED) is 0.0321. The van der Waals surface area contributed by atoms with Crippen LogP contribution in [-0.4, -0.2) is 46.9 Å². The normalized spacial score (nSPS) is 13.9. The van der Waals surface area contributed by atoms with E-state index in [2.05, 4.69) is 111 Å². The van der Waals surface area contributed by atoms with Crippen molar-refractivity contribution in [1.29, 1.82) is 0 Å². The standard InChI is InChI=1S/C59H103NO5/c1-4-7-10-13-16-19-22-25-27-29-30-32-34-37-40-43-46-49-52-59(64)65-55(50-47-44-41-38-35-33-31-28-26-23-20-17-14-11-8-5-2)53-58(63)60-56(54-61)57(62)51-48-45-42-39-36-24-21-18-15-12-9-6-3/h16,19,22-23,25-33,35,55-57,61-62H,4-15,17-18,20-21,24,34,36-54H2,1-3H3,(H,60,63)/b19-16+,25-22+,26-23+,29-27+,31-28+,32-30+,35-33+. The SMILES string of the molecule is CCCCC/C=C/C=C/C=C/C=C/CCCCCCCC(=O)OC(CCCCC/C=C/C=C/C=C/CCCCCCC)CC(=O)NC(CO)C(O)CCCCCCCCCCCCCC. The molecular weight excluding hydrogens is 803 g/mol. The molecule has 0 aromatic rings. The molecule has 0 radical (unpaired) electrons. The maximum Gasteiger partial charge on any atom is 0.306 e. The predicted molar refractivity (Wildman–Crippen MR) is 282 cm³/mol. The third-order valence-electron chi connectivity index (χ3n) is 12.1. The van der Waals surface area contributed by atoms with Gasteiger partial charge < -0.3 is 20.3 Å². The number of nitrogens with one attached hydrogen (secondary N) is 1. The number of hydrogen-bond donors (Lipinski definition) is 3. The van der Waals surface area contributed by atoms with Crippen LogP contribution in [0.4, 0.5) is 0 Å². The number of carbonyl (C=O) groups is 2. The fraction of sp³-hybridized carbons (Fsp3) is 0.729. The van der Waals surface area contributed by atoms with Gasteiger partial charge in [-0.05, 0) is 77.0 Å². The number of rotatable bonds is 48. The van der Waals surface area contributed by atoms with Gasteiger partial charge in [0.05, 0.1) is 25.2 Å². The number of aliphatic hydroxyl groups is 2. The molecule has 0 aliphatic rings. The Morgan fingerprint density at radius 1 is 0.446 bits per heavy atom. The van der Waals surface area contributed by atoms with Gasteiger partial charge in [0, 0.05) is 6.42 Å². The van der Waals surface area contributed by atoms with Crippen LogP contribution in [0.15, 0.2) is 85.1 Å². The van der Waals surface area contributed by atoms with Crippen LogP contribution in [0.25, 0.3) is 0 Å². The Labute approximate surface area is 402 Å². The van der Waals surface area contributed by atoms with Gasteiger partial charge in [0.15, 0.2) is 0 Å². The maximum atomic E-state index is 13.2. The third kappa shape index (κ3) is 47.3. The highest BCUT2D eigenvalue weighted by Gasteiger charge is 2.24. The first-order valence-electron chi connectivity index (χ1n) is 27.4. The lowest BCUT2D eigenvalue weighted by molar-refractivity contribution is -0.151. The van der Waals surface area contributed by atoms with Crippen molar-refractivity contribution in [2.24, 2.45) is 0 Å². The minimum atomic E-state index is -0.806. The molecule has 65 heavy (non-hydrogen) atoms. The van der Waals surface area contributed by atoms with Gasteiger partial charge in [-0.1, -0.05) is 247 Å². The highest BCUT2D eigenvalue weighted by Crippen LogP contribution is 2.17. The molecule has 0 saturated heterocycles. The average Bonchev–Trinajstić information content (AvgIpc) is 3.30. The Kier molecular flexibility index (Phi) is 49.6. The molecule has 0 bridgehead atoms. The van der Waals surface area contributed by atoms with Crippen LogP contribution in [0, 0.1) is 0 Å². The third-order valence-corrected chi connectivity index (χ3v) is 12.1. The largest absolute Gasteiger partial charge is 0.462 e. The summed E-state index contributed by atoms with van der Waals surface area (Å²) < 4.78 is 5.92. The van der Waals surface area contributed by atoms with Crippen LogP contribution >= 0.6 is 0 Å². The molecule has 0 aromatic heterocycles. The Hall–Kier alpha value is -2.96. The number of carbonyl (C=O) groups excluding carboxylic acids is 2. The van der Waals surface area contributed by atoms with E-state index in [0.29, 0.717) is 19.3 Å². The zero-order chi connectivity index (χ0) is 47.4. The molecule has 0 heterocycles. The summed E-state index contributed by atoms with van der Waals surface area (Å²) in [4.78, 5) is 26.2. The fourth-order valence-corrected chi connectivity index (χ4v) is 7.91.